The SMILES string of the molecule is CCOc1ccccc1NC(=O)/C=C(\C)c1cc2c(-c3cccc(OC)c3)coc2cc1OC. The van der Waals surface area contributed by atoms with E-state index in [0.717, 1.165) is 33.4 Å². The molecule has 0 bridgehead atoms. The van der Waals surface area contributed by atoms with E-state index < -0.39 is 0 Å². The number of amides is 1. The predicted octanol–water partition coefficient (Wildman–Crippen LogP) is 6.56. The summed E-state index contributed by atoms with van der Waals surface area (Å²) in [6.45, 7) is 4.29. The molecule has 0 atom stereocenters. The molecule has 34 heavy (non-hydrogen) atoms. The molecular weight excluding hydrogens is 430 g/mol. The van der Waals surface area contributed by atoms with Crippen LogP contribution in [0.5, 0.6) is 17.2 Å². The number of ether oxygens (including phenoxy) is 3. The minimum absolute atomic E-state index is 0.257. The highest BCUT2D eigenvalue weighted by molar-refractivity contribution is 6.06. The fourth-order valence-corrected chi connectivity index (χ4v) is 3.84. The third-order valence-electron chi connectivity index (χ3n) is 5.49. The lowest BCUT2D eigenvalue weighted by Gasteiger charge is -2.12. The number of fused-ring (bicyclic) bond motifs is 1. The molecule has 3 aromatic carbocycles. The highest BCUT2D eigenvalue weighted by Gasteiger charge is 2.16. The van der Waals surface area contributed by atoms with Crippen LogP contribution in [0.25, 0.3) is 27.7 Å². The van der Waals surface area contributed by atoms with Crippen LogP contribution in [-0.4, -0.2) is 26.7 Å². The maximum atomic E-state index is 12.8. The number of hydrogen-bond donors (Lipinski definition) is 1. The van der Waals surface area contributed by atoms with E-state index in [9.17, 15) is 4.79 Å². The number of furan rings is 1. The summed E-state index contributed by atoms with van der Waals surface area (Å²) >= 11 is 0. The molecule has 0 aliphatic rings. The van der Waals surface area contributed by atoms with E-state index >= 15 is 0 Å². The monoisotopic (exact) mass is 457 g/mol. The molecule has 0 aliphatic carbocycles. The molecule has 4 rings (SSSR count). The van der Waals surface area contributed by atoms with Gasteiger partial charge >= 0.3 is 0 Å². The number of hydrogen-bond acceptors (Lipinski definition) is 5. The van der Waals surface area contributed by atoms with Crippen LogP contribution < -0.4 is 19.5 Å². The molecular formula is C28H27NO5. The quantitative estimate of drug-likeness (QED) is 0.304. The zero-order valence-corrected chi connectivity index (χ0v) is 19.7. The molecule has 0 aliphatic heterocycles. The van der Waals surface area contributed by atoms with Crippen LogP contribution in [-0.2, 0) is 4.79 Å². The van der Waals surface area contributed by atoms with E-state index in [1.54, 1.807) is 26.6 Å². The third-order valence-corrected chi connectivity index (χ3v) is 5.49. The van der Waals surface area contributed by atoms with Gasteiger partial charge in [0.2, 0.25) is 5.91 Å². The van der Waals surface area contributed by atoms with Gasteiger partial charge in [0.1, 0.15) is 22.8 Å². The van der Waals surface area contributed by atoms with E-state index in [1.807, 2.05) is 74.5 Å². The number of methoxy groups -OCH3 is 2. The molecule has 1 amide bonds. The van der Waals surface area contributed by atoms with Crippen molar-refractivity contribution < 1.29 is 23.4 Å². The average Bonchev–Trinajstić information content (AvgIpc) is 3.27. The first-order chi connectivity index (χ1) is 16.5. The third kappa shape index (κ3) is 4.76. The van der Waals surface area contributed by atoms with Gasteiger partial charge in [-0.3, -0.25) is 4.79 Å². The fraction of sp³-hybridized carbons (Fsp3) is 0.179. The summed E-state index contributed by atoms with van der Waals surface area (Å²) in [7, 11) is 3.24. The molecule has 1 aromatic heterocycles. The molecule has 6 nitrogen and oxygen atoms in total. The highest BCUT2D eigenvalue weighted by atomic mass is 16.5. The van der Waals surface area contributed by atoms with Gasteiger partial charge in [-0.2, -0.15) is 0 Å². The van der Waals surface area contributed by atoms with Crippen molar-refractivity contribution in [3.8, 4) is 28.4 Å². The molecule has 0 saturated carbocycles. The van der Waals surface area contributed by atoms with Gasteiger partial charge in [-0.25, -0.2) is 0 Å². The minimum atomic E-state index is -0.257. The van der Waals surface area contributed by atoms with Gasteiger partial charge in [0.05, 0.1) is 32.8 Å². The summed E-state index contributed by atoms with van der Waals surface area (Å²) in [5.74, 6) is 1.76. The lowest BCUT2D eigenvalue weighted by molar-refractivity contribution is -0.111. The van der Waals surface area contributed by atoms with Crippen molar-refractivity contribution in [3.63, 3.8) is 0 Å². The first kappa shape index (κ1) is 23.0. The molecule has 6 heteroatoms. The molecule has 174 valence electrons. The first-order valence-corrected chi connectivity index (χ1v) is 11.0. The van der Waals surface area contributed by atoms with Crippen LogP contribution in [0, 0.1) is 0 Å². The standard InChI is InChI=1S/C28H27NO5/c1-5-33-25-12-7-6-11-24(25)29-28(30)13-18(2)21-15-22-23(17-34-27(22)16-26(21)32-4)19-9-8-10-20(14-19)31-3/h6-17H,5H2,1-4H3,(H,29,30)/b18-13+. The van der Waals surface area contributed by atoms with E-state index in [4.69, 9.17) is 18.6 Å². The second kappa shape index (κ2) is 10.2. The van der Waals surface area contributed by atoms with E-state index in [2.05, 4.69) is 5.32 Å². The van der Waals surface area contributed by atoms with Crippen LogP contribution >= 0.6 is 0 Å². The highest BCUT2D eigenvalue weighted by Crippen LogP contribution is 2.38. The number of anilines is 1. The number of allylic oxidation sites excluding steroid dienone is 1. The molecule has 4 aromatic rings. The summed E-state index contributed by atoms with van der Waals surface area (Å²) in [4.78, 5) is 12.8. The Kier molecular flexibility index (Phi) is 6.87. The van der Waals surface area contributed by atoms with Crippen LogP contribution in [0.3, 0.4) is 0 Å². The summed E-state index contributed by atoms with van der Waals surface area (Å²) in [5, 5.41) is 3.82. The van der Waals surface area contributed by atoms with Crippen LogP contribution in [0.2, 0.25) is 0 Å². The molecule has 1 N–H and O–H groups in total. The lowest BCUT2D eigenvalue weighted by atomic mass is 9.99. The van der Waals surface area contributed by atoms with Gasteiger partial charge in [-0.15, -0.1) is 0 Å². The molecule has 0 spiro atoms. The van der Waals surface area contributed by atoms with Crippen LogP contribution in [0.15, 0.2) is 77.4 Å². The van der Waals surface area contributed by atoms with Gasteiger partial charge < -0.3 is 23.9 Å². The van der Waals surface area contributed by atoms with Crippen molar-refractivity contribution in [3.05, 3.63) is 78.6 Å². The van der Waals surface area contributed by atoms with Crippen molar-refractivity contribution in [1.29, 1.82) is 0 Å². The van der Waals surface area contributed by atoms with E-state index in [0.29, 0.717) is 29.4 Å². The molecule has 0 fully saturated rings. The summed E-state index contributed by atoms with van der Waals surface area (Å²) in [6, 6.07) is 19.0. The Morgan fingerprint density at radius 2 is 1.82 bits per heavy atom. The van der Waals surface area contributed by atoms with Gasteiger partial charge in [0, 0.05) is 28.7 Å². The van der Waals surface area contributed by atoms with Crippen molar-refractivity contribution in [2.24, 2.45) is 0 Å². The smallest absolute Gasteiger partial charge is 0.248 e. The number of benzene rings is 3. The van der Waals surface area contributed by atoms with Crippen LogP contribution in [0.1, 0.15) is 19.4 Å². The number of rotatable bonds is 8. The topological polar surface area (TPSA) is 69.9 Å². The van der Waals surface area contributed by atoms with Gasteiger partial charge in [-0.1, -0.05) is 24.3 Å². The Hall–Kier alpha value is -4.19. The van der Waals surface area contributed by atoms with Crippen molar-refractivity contribution in [2.75, 3.05) is 26.1 Å². The fourth-order valence-electron chi connectivity index (χ4n) is 3.84. The number of nitrogens with one attached hydrogen (secondary N) is 1. The Labute approximate surface area is 198 Å². The van der Waals surface area contributed by atoms with E-state index in [-0.39, 0.29) is 5.91 Å². The maximum absolute atomic E-state index is 12.8. The Morgan fingerprint density at radius 3 is 2.59 bits per heavy atom. The van der Waals surface area contributed by atoms with Crippen molar-refractivity contribution >= 4 is 28.1 Å². The number of para-hydroxylation sites is 2. The Balaban J connectivity index is 1.70. The summed E-state index contributed by atoms with van der Waals surface area (Å²) < 4.78 is 22.4. The number of carbonyl (C=O) groups excluding carboxylic acids is 1. The minimum Gasteiger partial charge on any atom is -0.497 e. The Bertz CT molecular complexity index is 1350. The lowest BCUT2D eigenvalue weighted by Crippen LogP contribution is -2.10. The van der Waals surface area contributed by atoms with E-state index in [1.165, 1.54) is 0 Å². The van der Waals surface area contributed by atoms with Gasteiger partial charge in [0.15, 0.2) is 0 Å². The normalized spacial score (nSPS) is 11.4. The maximum Gasteiger partial charge on any atom is 0.248 e. The molecule has 0 radical (unpaired) electrons. The zero-order valence-electron chi connectivity index (χ0n) is 19.7. The second-order valence-corrected chi connectivity index (χ2v) is 7.68. The summed E-state index contributed by atoms with van der Waals surface area (Å²) in [6.07, 6.45) is 3.27. The van der Waals surface area contributed by atoms with Gasteiger partial charge in [0.25, 0.3) is 0 Å². The summed E-state index contributed by atoms with van der Waals surface area (Å²) in [5.41, 5.74) is 4.77. The van der Waals surface area contributed by atoms with Crippen LogP contribution in [0.4, 0.5) is 5.69 Å². The molecule has 0 unspecified atom stereocenters. The van der Waals surface area contributed by atoms with Gasteiger partial charge in [-0.05, 0) is 55.3 Å². The second-order valence-electron chi connectivity index (χ2n) is 7.68. The number of carbonyl (C=O) groups is 1. The van der Waals surface area contributed by atoms with Crippen molar-refractivity contribution in [2.45, 2.75) is 13.8 Å². The first-order valence-electron chi connectivity index (χ1n) is 11.0. The zero-order chi connectivity index (χ0) is 24.1. The predicted molar refractivity (Wildman–Crippen MR) is 135 cm³/mol. The largest absolute Gasteiger partial charge is 0.497 e. The average molecular weight is 458 g/mol. The molecule has 0 saturated heterocycles. The van der Waals surface area contributed by atoms with Crippen molar-refractivity contribution in [1.82, 2.24) is 0 Å². The molecule has 1 heterocycles. The Morgan fingerprint density at radius 1 is 1.00 bits per heavy atom.